The van der Waals surface area contributed by atoms with Crippen LogP contribution in [-0.2, 0) is 13.0 Å². The van der Waals surface area contributed by atoms with E-state index >= 15 is 0 Å². The van der Waals surface area contributed by atoms with Gasteiger partial charge in [0.1, 0.15) is 11.2 Å². The molecule has 4 rings (SSSR count). The van der Waals surface area contributed by atoms with Crippen molar-refractivity contribution in [3.63, 3.8) is 0 Å². The van der Waals surface area contributed by atoms with Gasteiger partial charge in [0.05, 0.1) is 11.6 Å². The van der Waals surface area contributed by atoms with Crippen LogP contribution in [-0.4, -0.2) is 43.6 Å². The summed E-state index contributed by atoms with van der Waals surface area (Å²) in [6.45, 7) is 7.91. The molecule has 0 spiro atoms. The number of hydrogen-bond donors (Lipinski definition) is 1. The van der Waals surface area contributed by atoms with E-state index in [9.17, 15) is 9.59 Å². The number of aromatic amines is 1. The summed E-state index contributed by atoms with van der Waals surface area (Å²) in [5.41, 5.74) is 3.80. The molecule has 1 aliphatic rings. The minimum absolute atomic E-state index is 0.193. The maximum Gasteiger partial charge on any atom is 0.259 e. The Morgan fingerprint density at radius 3 is 2.90 bits per heavy atom. The fraction of sp³-hybridized carbons (Fsp3) is 0.455. The van der Waals surface area contributed by atoms with Crippen LogP contribution in [0.5, 0.6) is 0 Å². The Morgan fingerprint density at radius 1 is 1.31 bits per heavy atom. The highest BCUT2D eigenvalue weighted by Crippen LogP contribution is 2.28. The molecular weight excluding hydrogens is 366 g/mol. The summed E-state index contributed by atoms with van der Waals surface area (Å²) in [6, 6.07) is 3.60. The number of H-pyrrole nitrogens is 1. The highest BCUT2D eigenvalue weighted by molar-refractivity contribution is 5.97. The number of carbonyl (C=O) groups is 1. The molecule has 3 aromatic heterocycles. The lowest BCUT2D eigenvalue weighted by atomic mass is 9.91. The van der Waals surface area contributed by atoms with Crippen LogP contribution in [0.4, 0.5) is 0 Å². The summed E-state index contributed by atoms with van der Waals surface area (Å²) in [5.74, 6) is 0.0327. The minimum Gasteiger partial charge on any atom is -0.338 e. The van der Waals surface area contributed by atoms with Gasteiger partial charge >= 0.3 is 0 Å². The van der Waals surface area contributed by atoms with E-state index in [-0.39, 0.29) is 22.8 Å². The van der Waals surface area contributed by atoms with Crippen molar-refractivity contribution in [3.05, 3.63) is 57.3 Å². The van der Waals surface area contributed by atoms with Crippen LogP contribution in [0.15, 0.2) is 29.3 Å². The van der Waals surface area contributed by atoms with Gasteiger partial charge in [-0.1, -0.05) is 6.92 Å². The monoisotopic (exact) mass is 393 g/mol. The molecule has 1 atom stereocenters. The molecular formula is C22H27N5O2. The van der Waals surface area contributed by atoms with Gasteiger partial charge in [-0.2, -0.15) is 5.10 Å². The Hall–Kier alpha value is -2.96. The van der Waals surface area contributed by atoms with E-state index in [1.165, 1.54) is 5.56 Å². The number of pyridine rings is 2. The molecule has 1 aliphatic heterocycles. The van der Waals surface area contributed by atoms with Crippen LogP contribution in [0.25, 0.3) is 11.0 Å². The van der Waals surface area contributed by atoms with Gasteiger partial charge < -0.3 is 9.47 Å². The van der Waals surface area contributed by atoms with Gasteiger partial charge in [0.25, 0.3) is 5.91 Å². The van der Waals surface area contributed by atoms with Gasteiger partial charge in [0.15, 0.2) is 0 Å². The third-order valence-electron chi connectivity index (χ3n) is 5.88. The van der Waals surface area contributed by atoms with E-state index in [1.54, 1.807) is 12.3 Å². The number of nitrogens with zero attached hydrogens (tertiary/aromatic N) is 4. The lowest BCUT2D eigenvalue weighted by molar-refractivity contribution is 0.0703. The molecule has 4 heterocycles. The number of carbonyl (C=O) groups excluding carboxylic acids is 1. The molecule has 0 radical (unpaired) electrons. The summed E-state index contributed by atoms with van der Waals surface area (Å²) in [7, 11) is 0. The standard InChI is InChI=1S/C22H27N5O2/c1-4-15-11-23-25-19(15)16-7-6-10-27(12-16)22(29)18-13-26(5-2)21-17(20(18)28)9-8-14(3)24-21/h8-9,11,13,16H,4-7,10,12H2,1-3H3,(H,23,25)/t16-/m1/s1. The number of fused-ring (bicyclic) bond motifs is 1. The minimum atomic E-state index is -0.236. The second-order valence-corrected chi connectivity index (χ2v) is 7.73. The fourth-order valence-corrected chi connectivity index (χ4v) is 4.28. The molecule has 0 aromatic carbocycles. The molecule has 1 N–H and O–H groups in total. The Kier molecular flexibility index (Phi) is 5.22. The number of aryl methyl sites for hydroxylation is 3. The summed E-state index contributed by atoms with van der Waals surface area (Å²) in [6.07, 6.45) is 6.38. The summed E-state index contributed by atoms with van der Waals surface area (Å²) >= 11 is 0. The first-order chi connectivity index (χ1) is 14.0. The Balaban J connectivity index is 1.69. The predicted molar refractivity (Wildman–Crippen MR) is 112 cm³/mol. The van der Waals surface area contributed by atoms with E-state index in [0.29, 0.717) is 30.7 Å². The first kappa shape index (κ1) is 19.4. The highest BCUT2D eigenvalue weighted by atomic mass is 16.2. The van der Waals surface area contributed by atoms with Crippen molar-refractivity contribution < 1.29 is 4.79 Å². The fourth-order valence-electron chi connectivity index (χ4n) is 4.28. The molecule has 152 valence electrons. The van der Waals surface area contributed by atoms with Crippen LogP contribution in [0.1, 0.15) is 59.9 Å². The third-order valence-corrected chi connectivity index (χ3v) is 5.88. The SMILES string of the molecule is CCc1cn[nH]c1[C@@H]1CCCN(C(=O)c2cn(CC)c3nc(C)ccc3c2=O)C1. The quantitative estimate of drug-likeness (QED) is 0.738. The van der Waals surface area contributed by atoms with Crippen LogP contribution in [0, 0.1) is 6.92 Å². The Bertz CT molecular complexity index is 1110. The average molecular weight is 393 g/mol. The Morgan fingerprint density at radius 2 is 2.14 bits per heavy atom. The lowest BCUT2D eigenvalue weighted by Crippen LogP contribution is -2.41. The summed E-state index contributed by atoms with van der Waals surface area (Å²) in [4.78, 5) is 32.8. The number of rotatable bonds is 4. The average Bonchev–Trinajstić information content (AvgIpc) is 3.22. The predicted octanol–water partition coefficient (Wildman–Crippen LogP) is 3.03. The van der Waals surface area contributed by atoms with E-state index in [1.807, 2.05) is 35.6 Å². The van der Waals surface area contributed by atoms with Crippen LogP contribution in [0.3, 0.4) is 0 Å². The number of nitrogens with one attached hydrogen (secondary N) is 1. The number of piperidine rings is 1. The third kappa shape index (κ3) is 3.45. The number of aromatic nitrogens is 4. The second-order valence-electron chi connectivity index (χ2n) is 7.73. The van der Waals surface area contributed by atoms with E-state index < -0.39 is 0 Å². The molecule has 1 saturated heterocycles. The molecule has 7 heteroatoms. The molecule has 29 heavy (non-hydrogen) atoms. The number of hydrogen-bond acceptors (Lipinski definition) is 4. The molecule has 3 aromatic rings. The first-order valence-electron chi connectivity index (χ1n) is 10.4. The van der Waals surface area contributed by atoms with Gasteiger partial charge in [-0.25, -0.2) is 4.98 Å². The van der Waals surface area contributed by atoms with Crippen molar-refractivity contribution in [2.75, 3.05) is 13.1 Å². The van der Waals surface area contributed by atoms with Gasteiger partial charge in [-0.05, 0) is 50.8 Å². The summed E-state index contributed by atoms with van der Waals surface area (Å²) in [5, 5.41) is 7.81. The van der Waals surface area contributed by atoms with Crippen molar-refractivity contribution >= 4 is 16.9 Å². The maximum absolute atomic E-state index is 13.3. The largest absolute Gasteiger partial charge is 0.338 e. The van der Waals surface area contributed by atoms with Crippen LogP contribution in [0.2, 0.25) is 0 Å². The lowest BCUT2D eigenvalue weighted by Gasteiger charge is -2.32. The molecule has 0 saturated carbocycles. The van der Waals surface area contributed by atoms with Gasteiger partial charge in [-0.3, -0.25) is 14.7 Å². The number of likely N-dealkylation sites (tertiary alicyclic amines) is 1. The zero-order valence-electron chi connectivity index (χ0n) is 17.2. The van der Waals surface area contributed by atoms with Gasteiger partial charge in [-0.15, -0.1) is 0 Å². The molecule has 7 nitrogen and oxygen atoms in total. The van der Waals surface area contributed by atoms with Crippen molar-refractivity contribution in [2.24, 2.45) is 0 Å². The van der Waals surface area contributed by atoms with Crippen LogP contribution >= 0.6 is 0 Å². The van der Waals surface area contributed by atoms with Crippen LogP contribution < -0.4 is 5.43 Å². The molecule has 0 aliphatic carbocycles. The van der Waals surface area contributed by atoms with Crippen molar-refractivity contribution in [1.82, 2.24) is 24.6 Å². The molecule has 0 unspecified atom stereocenters. The van der Waals surface area contributed by atoms with Crippen molar-refractivity contribution in [1.29, 1.82) is 0 Å². The van der Waals surface area contributed by atoms with Gasteiger partial charge in [0.2, 0.25) is 5.43 Å². The second kappa shape index (κ2) is 7.81. The maximum atomic E-state index is 13.3. The van der Waals surface area contributed by atoms with E-state index in [2.05, 4.69) is 22.1 Å². The van der Waals surface area contributed by atoms with E-state index in [0.717, 1.165) is 30.7 Å². The molecule has 0 bridgehead atoms. The zero-order valence-corrected chi connectivity index (χ0v) is 17.2. The summed E-state index contributed by atoms with van der Waals surface area (Å²) < 4.78 is 1.89. The first-order valence-corrected chi connectivity index (χ1v) is 10.4. The number of amides is 1. The molecule has 1 amide bonds. The van der Waals surface area contributed by atoms with Crippen molar-refractivity contribution in [2.45, 2.75) is 52.5 Å². The topological polar surface area (TPSA) is 83.9 Å². The zero-order chi connectivity index (χ0) is 20.5. The Labute approximate surface area is 169 Å². The normalized spacial score (nSPS) is 17.1. The highest BCUT2D eigenvalue weighted by Gasteiger charge is 2.29. The van der Waals surface area contributed by atoms with E-state index in [4.69, 9.17) is 0 Å². The van der Waals surface area contributed by atoms with Gasteiger partial charge in [0, 0.05) is 43.1 Å². The smallest absolute Gasteiger partial charge is 0.259 e. The van der Waals surface area contributed by atoms with Crippen molar-refractivity contribution in [3.8, 4) is 0 Å². The molecule has 1 fully saturated rings.